The Morgan fingerprint density at radius 2 is 1.84 bits per heavy atom. The Morgan fingerprint density at radius 1 is 1.16 bits per heavy atom. The molecule has 4 N–H and O–H groups in total. The number of rotatable bonds is 3. The van der Waals surface area contributed by atoms with Crippen LogP contribution in [0.5, 0.6) is 0 Å². The van der Waals surface area contributed by atoms with Gasteiger partial charge >= 0.3 is 0 Å². The molecular formula is C20H28Cl2N6O2S. The van der Waals surface area contributed by atoms with Gasteiger partial charge in [-0.2, -0.15) is 4.98 Å². The highest BCUT2D eigenvalue weighted by atomic mass is 35.5. The van der Waals surface area contributed by atoms with Crippen molar-refractivity contribution in [1.82, 2.24) is 14.5 Å². The van der Waals surface area contributed by atoms with Crippen LogP contribution >= 0.6 is 35.0 Å². The monoisotopic (exact) mass is 486 g/mol. The van der Waals surface area contributed by atoms with E-state index in [1.165, 1.54) is 4.57 Å². The summed E-state index contributed by atoms with van der Waals surface area (Å²) in [4.78, 5) is 24.4. The molecule has 0 bridgehead atoms. The van der Waals surface area contributed by atoms with E-state index in [1.54, 1.807) is 13.1 Å². The fraction of sp³-hybridized carbons (Fsp3) is 0.550. The molecule has 0 atom stereocenters. The summed E-state index contributed by atoms with van der Waals surface area (Å²) in [5.74, 6) is 0.934. The summed E-state index contributed by atoms with van der Waals surface area (Å²) in [5, 5.41) is 0.295. The highest BCUT2D eigenvalue weighted by Gasteiger charge is 2.38. The van der Waals surface area contributed by atoms with Crippen LogP contribution in [0, 0.1) is 5.41 Å². The molecule has 2 fully saturated rings. The molecule has 2 aliphatic heterocycles. The van der Waals surface area contributed by atoms with Crippen LogP contribution in [0.1, 0.15) is 33.1 Å². The first kappa shape index (κ1) is 24.0. The molecule has 31 heavy (non-hydrogen) atoms. The number of aromatic nitrogens is 3. The van der Waals surface area contributed by atoms with Gasteiger partial charge in [-0.15, -0.1) is 0 Å². The Morgan fingerprint density at radius 3 is 2.45 bits per heavy atom. The molecule has 0 saturated carbocycles. The number of piperidine rings is 1. The van der Waals surface area contributed by atoms with Crippen molar-refractivity contribution in [2.75, 3.05) is 42.7 Å². The Kier molecular flexibility index (Phi) is 7.62. The lowest BCUT2D eigenvalue weighted by Gasteiger charge is -2.39. The van der Waals surface area contributed by atoms with Crippen LogP contribution in [0.4, 0.5) is 17.6 Å². The average Bonchev–Trinajstić information content (AvgIpc) is 3.21. The predicted molar refractivity (Wildman–Crippen MR) is 127 cm³/mol. The van der Waals surface area contributed by atoms with Gasteiger partial charge in [-0.1, -0.05) is 48.8 Å². The van der Waals surface area contributed by atoms with Gasteiger partial charge in [0, 0.05) is 31.6 Å². The van der Waals surface area contributed by atoms with Crippen molar-refractivity contribution < 1.29 is 4.74 Å². The van der Waals surface area contributed by atoms with Crippen LogP contribution in [0.25, 0.3) is 0 Å². The molecule has 0 amide bonds. The molecule has 2 aliphatic rings. The van der Waals surface area contributed by atoms with Gasteiger partial charge in [-0.25, -0.2) is 4.98 Å². The summed E-state index contributed by atoms with van der Waals surface area (Å²) in [6.07, 6.45) is 3.14. The highest BCUT2D eigenvalue weighted by Crippen LogP contribution is 2.41. The standard InChI is InChI=1S/C18H22Cl2N6O2S.C2H6/c1-25-16(27)13(29-10-8-11(21)23-14(20)12(10)19)15(22)24-17(25)26-5-2-18(3-6-26)4-7-28-9-18;1-2/h8H,2-7,9,22H2,1H3,(H2,21,23);1-2H3. The molecular weight excluding hydrogens is 459 g/mol. The summed E-state index contributed by atoms with van der Waals surface area (Å²) in [5.41, 5.74) is 11.9. The number of nitrogen functional groups attached to an aromatic ring is 2. The molecule has 170 valence electrons. The zero-order valence-electron chi connectivity index (χ0n) is 18.0. The van der Waals surface area contributed by atoms with Gasteiger partial charge in [-0.3, -0.25) is 9.36 Å². The van der Waals surface area contributed by atoms with Crippen molar-refractivity contribution in [3.05, 3.63) is 26.6 Å². The van der Waals surface area contributed by atoms with E-state index in [9.17, 15) is 4.79 Å². The maximum atomic E-state index is 13.0. The van der Waals surface area contributed by atoms with Gasteiger partial charge in [-0.05, 0) is 30.7 Å². The summed E-state index contributed by atoms with van der Waals surface area (Å²) < 4.78 is 7.12. The fourth-order valence-electron chi connectivity index (χ4n) is 3.87. The minimum atomic E-state index is -0.246. The van der Waals surface area contributed by atoms with E-state index in [0.29, 0.717) is 10.8 Å². The molecule has 2 saturated heterocycles. The van der Waals surface area contributed by atoms with Crippen LogP contribution in [-0.2, 0) is 11.8 Å². The van der Waals surface area contributed by atoms with Crippen LogP contribution in [0.2, 0.25) is 10.2 Å². The molecule has 0 aliphatic carbocycles. The molecule has 0 aromatic carbocycles. The largest absolute Gasteiger partial charge is 0.384 e. The van der Waals surface area contributed by atoms with Crippen molar-refractivity contribution >= 4 is 52.5 Å². The minimum Gasteiger partial charge on any atom is -0.384 e. The van der Waals surface area contributed by atoms with Gasteiger partial charge < -0.3 is 21.1 Å². The molecule has 2 aromatic heterocycles. The second kappa shape index (κ2) is 9.85. The SMILES string of the molecule is CC.Cn1c(N2CCC3(CCOC3)CC2)nc(N)c(Sc2cc(N)nc(Cl)c2Cl)c1=O. The Bertz CT molecular complexity index is 1000. The van der Waals surface area contributed by atoms with E-state index in [2.05, 4.69) is 14.9 Å². The van der Waals surface area contributed by atoms with Crippen molar-refractivity contribution in [3.8, 4) is 0 Å². The third kappa shape index (κ3) is 4.89. The molecule has 11 heteroatoms. The van der Waals surface area contributed by atoms with E-state index in [0.717, 1.165) is 57.3 Å². The zero-order valence-corrected chi connectivity index (χ0v) is 20.3. The maximum absolute atomic E-state index is 13.0. The van der Waals surface area contributed by atoms with Gasteiger partial charge in [0.2, 0.25) is 5.95 Å². The van der Waals surface area contributed by atoms with Crippen LogP contribution in [0.3, 0.4) is 0 Å². The van der Waals surface area contributed by atoms with E-state index in [-0.39, 0.29) is 37.7 Å². The van der Waals surface area contributed by atoms with E-state index in [1.807, 2.05) is 13.8 Å². The second-order valence-electron chi connectivity index (χ2n) is 7.53. The first-order chi connectivity index (χ1) is 14.8. The molecule has 4 rings (SSSR count). The third-order valence-electron chi connectivity index (χ3n) is 5.66. The normalized spacial score (nSPS) is 17.5. The minimum absolute atomic E-state index is 0.0762. The number of anilines is 3. The summed E-state index contributed by atoms with van der Waals surface area (Å²) >= 11 is 13.3. The first-order valence-corrected chi connectivity index (χ1v) is 11.9. The molecule has 0 unspecified atom stereocenters. The number of hydrogen-bond acceptors (Lipinski definition) is 8. The van der Waals surface area contributed by atoms with Gasteiger partial charge in [0.05, 0.1) is 11.6 Å². The zero-order chi connectivity index (χ0) is 22.8. The number of pyridine rings is 1. The van der Waals surface area contributed by atoms with Crippen molar-refractivity contribution in [2.24, 2.45) is 12.5 Å². The second-order valence-corrected chi connectivity index (χ2v) is 9.32. The smallest absolute Gasteiger partial charge is 0.270 e. The van der Waals surface area contributed by atoms with Crippen LogP contribution in [0.15, 0.2) is 20.7 Å². The molecule has 8 nitrogen and oxygen atoms in total. The molecule has 0 radical (unpaired) electrons. The van der Waals surface area contributed by atoms with Gasteiger partial charge in [0.15, 0.2) is 5.15 Å². The summed E-state index contributed by atoms with van der Waals surface area (Å²) in [6.45, 7) is 7.29. The third-order valence-corrected chi connectivity index (χ3v) is 7.65. The van der Waals surface area contributed by atoms with E-state index < -0.39 is 0 Å². The highest BCUT2D eigenvalue weighted by molar-refractivity contribution is 7.99. The van der Waals surface area contributed by atoms with E-state index >= 15 is 0 Å². The number of halogens is 2. The Balaban J connectivity index is 0.00000132. The lowest BCUT2D eigenvalue weighted by atomic mass is 9.78. The van der Waals surface area contributed by atoms with E-state index in [4.69, 9.17) is 39.4 Å². The Labute approximate surface area is 196 Å². The van der Waals surface area contributed by atoms with Crippen molar-refractivity contribution in [1.29, 1.82) is 0 Å². The molecule has 4 heterocycles. The fourth-order valence-corrected chi connectivity index (χ4v) is 5.30. The summed E-state index contributed by atoms with van der Waals surface area (Å²) in [6, 6.07) is 1.55. The van der Waals surface area contributed by atoms with Crippen LogP contribution in [-0.4, -0.2) is 40.8 Å². The van der Waals surface area contributed by atoms with Crippen LogP contribution < -0.4 is 21.9 Å². The lowest BCUT2D eigenvalue weighted by molar-refractivity contribution is 0.133. The van der Waals surface area contributed by atoms with Gasteiger partial charge in [0.1, 0.15) is 16.5 Å². The number of nitrogens with zero attached hydrogens (tertiary/aromatic N) is 4. The number of nitrogens with two attached hydrogens (primary N) is 2. The lowest BCUT2D eigenvalue weighted by Crippen LogP contribution is -2.43. The summed E-state index contributed by atoms with van der Waals surface area (Å²) in [7, 11) is 1.70. The van der Waals surface area contributed by atoms with Crippen molar-refractivity contribution in [3.63, 3.8) is 0 Å². The molecule has 2 aromatic rings. The van der Waals surface area contributed by atoms with Gasteiger partial charge in [0.25, 0.3) is 5.56 Å². The maximum Gasteiger partial charge on any atom is 0.270 e. The topological polar surface area (TPSA) is 112 Å². The number of ether oxygens (including phenoxy) is 1. The predicted octanol–water partition coefficient (Wildman–Crippen LogP) is 3.83. The Hall–Kier alpha value is -1.68. The number of hydrogen-bond donors (Lipinski definition) is 2. The average molecular weight is 487 g/mol. The molecule has 1 spiro atoms. The first-order valence-electron chi connectivity index (χ1n) is 10.3. The van der Waals surface area contributed by atoms with Crippen molar-refractivity contribution in [2.45, 2.75) is 42.9 Å². The quantitative estimate of drug-likeness (QED) is 0.629.